The summed E-state index contributed by atoms with van der Waals surface area (Å²) in [6.07, 6.45) is 0. The minimum Gasteiger partial charge on any atom is -0.383 e. The van der Waals surface area contributed by atoms with Crippen LogP contribution in [-0.2, 0) is 16.1 Å². The maximum absolute atomic E-state index is 13.2. The van der Waals surface area contributed by atoms with E-state index in [9.17, 15) is 9.59 Å². The lowest BCUT2D eigenvalue weighted by Gasteiger charge is -2.21. The molecule has 0 aliphatic rings. The molecule has 3 aromatic rings. The first kappa shape index (κ1) is 24.0. The van der Waals surface area contributed by atoms with Gasteiger partial charge >= 0.3 is 0 Å². The summed E-state index contributed by atoms with van der Waals surface area (Å²) in [5.41, 5.74) is 1.73. The van der Waals surface area contributed by atoms with E-state index < -0.39 is 0 Å². The maximum Gasteiger partial charge on any atom is 0.274 e. The number of aromatic nitrogens is 1. The lowest BCUT2D eigenvalue weighted by atomic mass is 10.2. The van der Waals surface area contributed by atoms with Crippen molar-refractivity contribution < 1.29 is 14.3 Å². The molecule has 32 heavy (non-hydrogen) atoms. The molecule has 168 valence electrons. The Hall–Kier alpha value is -2.65. The molecule has 0 atom stereocenters. The lowest BCUT2D eigenvalue weighted by Crippen LogP contribution is -2.41. The minimum absolute atomic E-state index is 0.0994. The third kappa shape index (κ3) is 6.93. The largest absolute Gasteiger partial charge is 0.383 e. The van der Waals surface area contributed by atoms with Crippen molar-refractivity contribution >= 4 is 57.2 Å². The van der Waals surface area contributed by atoms with E-state index in [0.29, 0.717) is 34.0 Å². The normalized spacial score (nSPS) is 10.6. The number of amides is 2. The second-order valence-corrected chi connectivity index (χ2v) is 8.48. The van der Waals surface area contributed by atoms with Gasteiger partial charge in [-0.3, -0.25) is 9.59 Å². The third-order valence-corrected chi connectivity index (χ3v) is 5.68. The molecule has 7 nitrogen and oxygen atoms in total. The molecule has 0 aliphatic carbocycles. The van der Waals surface area contributed by atoms with Crippen LogP contribution in [-0.4, -0.2) is 48.5 Å². The van der Waals surface area contributed by atoms with Gasteiger partial charge in [-0.15, -0.1) is 11.3 Å². The molecule has 0 aliphatic heterocycles. The number of methoxy groups -OCH3 is 1. The molecule has 10 heteroatoms. The van der Waals surface area contributed by atoms with E-state index in [-0.39, 0.29) is 30.6 Å². The Balaban J connectivity index is 1.74. The number of nitrogens with one attached hydrogen (secondary N) is 2. The van der Waals surface area contributed by atoms with Crippen LogP contribution in [0.15, 0.2) is 53.9 Å². The lowest BCUT2D eigenvalue weighted by molar-refractivity contribution is -0.122. The van der Waals surface area contributed by atoms with E-state index in [0.717, 1.165) is 5.56 Å². The number of carbonyl (C=O) groups excluding carboxylic acids is 2. The molecule has 0 radical (unpaired) electrons. The highest BCUT2D eigenvalue weighted by molar-refractivity contribution is 7.14. The molecular formula is C22H22Cl2N4O3S. The first-order chi connectivity index (χ1) is 15.5. The number of rotatable bonds is 10. The standard InChI is InChI=1S/C22H22Cl2N4O3S/c1-31-10-9-25-20(29)13-28(12-15-5-3-2-4-6-15)21(30)19-14-32-22(27-19)26-18-11-16(23)7-8-17(18)24/h2-8,11,14H,9-10,12-13H2,1H3,(H,25,29)(H,26,27). The van der Waals surface area contributed by atoms with Gasteiger partial charge in [-0.05, 0) is 23.8 Å². The van der Waals surface area contributed by atoms with Crippen molar-refractivity contribution in [3.8, 4) is 0 Å². The Morgan fingerprint density at radius 1 is 1.16 bits per heavy atom. The fourth-order valence-corrected chi connectivity index (χ4v) is 3.86. The summed E-state index contributed by atoms with van der Waals surface area (Å²) >= 11 is 13.5. The summed E-state index contributed by atoms with van der Waals surface area (Å²) in [4.78, 5) is 31.4. The molecule has 1 heterocycles. The van der Waals surface area contributed by atoms with Crippen LogP contribution in [0.3, 0.4) is 0 Å². The van der Waals surface area contributed by atoms with E-state index in [1.807, 2.05) is 30.3 Å². The van der Waals surface area contributed by atoms with Gasteiger partial charge in [0, 0.05) is 30.6 Å². The van der Waals surface area contributed by atoms with Crippen LogP contribution in [0.25, 0.3) is 0 Å². The average Bonchev–Trinajstić information content (AvgIpc) is 3.25. The highest BCUT2D eigenvalue weighted by atomic mass is 35.5. The Bertz CT molecular complexity index is 1060. The zero-order chi connectivity index (χ0) is 22.9. The van der Waals surface area contributed by atoms with E-state index >= 15 is 0 Å². The molecule has 0 spiro atoms. The van der Waals surface area contributed by atoms with Crippen molar-refractivity contribution in [3.05, 3.63) is 75.2 Å². The number of anilines is 2. The van der Waals surface area contributed by atoms with E-state index in [1.54, 1.807) is 30.7 Å². The van der Waals surface area contributed by atoms with Crippen molar-refractivity contribution in [2.45, 2.75) is 6.54 Å². The minimum atomic E-state index is -0.350. The van der Waals surface area contributed by atoms with Crippen molar-refractivity contribution in [1.82, 2.24) is 15.2 Å². The molecule has 2 aromatic carbocycles. The molecule has 2 N–H and O–H groups in total. The van der Waals surface area contributed by atoms with Gasteiger partial charge in [0.2, 0.25) is 5.91 Å². The van der Waals surface area contributed by atoms with Crippen LogP contribution < -0.4 is 10.6 Å². The predicted molar refractivity (Wildman–Crippen MR) is 128 cm³/mol. The average molecular weight is 493 g/mol. The van der Waals surface area contributed by atoms with Crippen molar-refractivity contribution in [2.75, 3.05) is 32.1 Å². The summed E-state index contributed by atoms with van der Waals surface area (Å²) < 4.78 is 4.95. The molecule has 0 unspecified atom stereocenters. The Morgan fingerprint density at radius 3 is 2.69 bits per heavy atom. The molecule has 0 saturated carbocycles. The summed E-state index contributed by atoms with van der Waals surface area (Å²) in [5.74, 6) is -0.622. The number of hydrogen-bond donors (Lipinski definition) is 2. The summed E-state index contributed by atoms with van der Waals surface area (Å²) in [6, 6.07) is 14.5. The van der Waals surface area contributed by atoms with Crippen molar-refractivity contribution in [2.24, 2.45) is 0 Å². The highest BCUT2D eigenvalue weighted by Crippen LogP contribution is 2.30. The van der Waals surface area contributed by atoms with Crippen LogP contribution >= 0.6 is 34.5 Å². The van der Waals surface area contributed by atoms with Gasteiger partial charge < -0.3 is 20.3 Å². The number of ether oxygens (including phenoxy) is 1. The monoisotopic (exact) mass is 492 g/mol. The van der Waals surface area contributed by atoms with E-state index in [4.69, 9.17) is 27.9 Å². The Morgan fingerprint density at radius 2 is 1.94 bits per heavy atom. The number of nitrogens with zero attached hydrogens (tertiary/aromatic N) is 2. The number of thiazole rings is 1. The van der Waals surface area contributed by atoms with Crippen molar-refractivity contribution in [3.63, 3.8) is 0 Å². The van der Waals surface area contributed by atoms with Gasteiger partial charge in [0.25, 0.3) is 5.91 Å². The fraction of sp³-hybridized carbons (Fsp3) is 0.227. The quantitative estimate of drug-likeness (QED) is 0.404. The molecular weight excluding hydrogens is 471 g/mol. The number of benzene rings is 2. The maximum atomic E-state index is 13.2. The molecule has 0 fully saturated rings. The number of carbonyl (C=O) groups is 2. The van der Waals surface area contributed by atoms with Crippen LogP contribution in [0, 0.1) is 0 Å². The Kier molecular flexibility index (Phi) is 8.87. The number of halogens is 2. The van der Waals surface area contributed by atoms with Crippen LogP contribution in [0.1, 0.15) is 16.1 Å². The summed E-state index contributed by atoms with van der Waals surface area (Å²) in [5, 5.41) is 8.96. The van der Waals surface area contributed by atoms with Crippen LogP contribution in [0.5, 0.6) is 0 Å². The fourth-order valence-electron chi connectivity index (χ4n) is 2.82. The SMILES string of the molecule is COCCNC(=O)CN(Cc1ccccc1)C(=O)c1csc(Nc2cc(Cl)ccc2Cl)n1. The van der Waals surface area contributed by atoms with Gasteiger partial charge in [0.1, 0.15) is 12.2 Å². The van der Waals surface area contributed by atoms with Gasteiger partial charge in [0.05, 0.1) is 17.3 Å². The second-order valence-electron chi connectivity index (χ2n) is 6.78. The second kappa shape index (κ2) is 11.8. The molecule has 3 rings (SSSR count). The van der Waals surface area contributed by atoms with Crippen LogP contribution in [0.2, 0.25) is 10.0 Å². The third-order valence-electron chi connectivity index (χ3n) is 4.36. The molecule has 2 amide bonds. The summed E-state index contributed by atoms with van der Waals surface area (Å²) in [6.45, 7) is 0.940. The molecule has 1 aromatic heterocycles. The van der Waals surface area contributed by atoms with Gasteiger partial charge in [-0.1, -0.05) is 53.5 Å². The van der Waals surface area contributed by atoms with Crippen LogP contribution in [0.4, 0.5) is 10.8 Å². The van der Waals surface area contributed by atoms with E-state index in [2.05, 4.69) is 15.6 Å². The molecule has 0 saturated heterocycles. The first-order valence-electron chi connectivity index (χ1n) is 9.72. The first-order valence-corrected chi connectivity index (χ1v) is 11.4. The van der Waals surface area contributed by atoms with Gasteiger partial charge in [-0.2, -0.15) is 0 Å². The highest BCUT2D eigenvalue weighted by Gasteiger charge is 2.22. The molecule has 0 bridgehead atoms. The number of hydrogen-bond acceptors (Lipinski definition) is 6. The zero-order valence-electron chi connectivity index (χ0n) is 17.3. The smallest absolute Gasteiger partial charge is 0.274 e. The summed E-state index contributed by atoms with van der Waals surface area (Å²) in [7, 11) is 1.56. The predicted octanol–water partition coefficient (Wildman–Crippen LogP) is 4.60. The topological polar surface area (TPSA) is 83.6 Å². The van der Waals surface area contributed by atoms with E-state index in [1.165, 1.54) is 16.2 Å². The van der Waals surface area contributed by atoms with Gasteiger partial charge in [0.15, 0.2) is 5.13 Å². The van der Waals surface area contributed by atoms with Gasteiger partial charge in [-0.25, -0.2) is 4.98 Å². The zero-order valence-corrected chi connectivity index (χ0v) is 19.6. The Labute approximate surface area is 200 Å². The van der Waals surface area contributed by atoms with Crippen molar-refractivity contribution in [1.29, 1.82) is 0 Å².